The molecule has 2 N–H and O–H groups in total. The minimum atomic E-state index is 0.107. The summed E-state index contributed by atoms with van der Waals surface area (Å²) in [5.41, 5.74) is 8.01. The summed E-state index contributed by atoms with van der Waals surface area (Å²) in [7, 11) is 0. The number of para-hydroxylation sites is 1. The first-order chi connectivity index (χ1) is 9.28. The topological polar surface area (TPSA) is 51.4 Å². The molecule has 1 aliphatic rings. The highest BCUT2D eigenvalue weighted by atomic mass is 16.5. The molecule has 4 heteroatoms. The zero-order valence-corrected chi connectivity index (χ0v) is 11.1. The van der Waals surface area contributed by atoms with E-state index in [4.69, 9.17) is 10.5 Å². The fourth-order valence-corrected chi connectivity index (χ4v) is 2.73. The van der Waals surface area contributed by atoms with Crippen molar-refractivity contribution in [3.63, 3.8) is 0 Å². The molecule has 1 aromatic carbocycles. The summed E-state index contributed by atoms with van der Waals surface area (Å²) in [6.07, 6.45) is 2.18. The summed E-state index contributed by atoms with van der Waals surface area (Å²) in [6, 6.07) is 10.3. The molecule has 0 aliphatic carbocycles. The quantitative estimate of drug-likeness (QED) is 0.891. The van der Waals surface area contributed by atoms with Crippen molar-refractivity contribution in [2.75, 3.05) is 24.5 Å². The Morgan fingerprint density at radius 3 is 3.00 bits per heavy atom. The molecule has 1 saturated heterocycles. The number of aromatic nitrogens is 1. The van der Waals surface area contributed by atoms with Gasteiger partial charge in [-0.1, -0.05) is 18.2 Å². The number of nitrogens with two attached hydrogens (primary N) is 1. The lowest BCUT2D eigenvalue weighted by Gasteiger charge is -2.38. The number of hydrogen-bond acceptors (Lipinski definition) is 4. The van der Waals surface area contributed by atoms with Gasteiger partial charge in [-0.2, -0.15) is 0 Å². The van der Waals surface area contributed by atoms with Crippen molar-refractivity contribution < 1.29 is 4.74 Å². The van der Waals surface area contributed by atoms with Crippen molar-refractivity contribution in [1.82, 2.24) is 4.98 Å². The minimum absolute atomic E-state index is 0.107. The number of rotatable bonds is 2. The molecule has 3 rings (SSSR count). The van der Waals surface area contributed by atoms with E-state index in [-0.39, 0.29) is 12.2 Å². The van der Waals surface area contributed by atoms with E-state index in [1.54, 1.807) is 0 Å². The Bertz CT molecular complexity index is 567. The van der Waals surface area contributed by atoms with E-state index in [1.807, 2.05) is 18.3 Å². The van der Waals surface area contributed by atoms with Gasteiger partial charge < -0.3 is 15.4 Å². The Hall–Kier alpha value is -1.65. The van der Waals surface area contributed by atoms with Crippen LogP contribution in [0, 0.1) is 0 Å². The van der Waals surface area contributed by atoms with Crippen LogP contribution >= 0.6 is 0 Å². The van der Waals surface area contributed by atoms with Crippen molar-refractivity contribution in [2.24, 2.45) is 5.73 Å². The molecule has 4 nitrogen and oxygen atoms in total. The molecule has 19 heavy (non-hydrogen) atoms. The van der Waals surface area contributed by atoms with Crippen molar-refractivity contribution in [2.45, 2.75) is 19.1 Å². The maximum atomic E-state index is 5.82. The number of hydrogen-bond donors (Lipinski definition) is 1. The lowest BCUT2D eigenvalue weighted by molar-refractivity contribution is -0.0103. The largest absolute Gasteiger partial charge is 0.370 e. The van der Waals surface area contributed by atoms with Crippen LogP contribution in [0.3, 0.4) is 0 Å². The smallest absolute Gasteiger partial charge is 0.0876 e. The Kier molecular flexibility index (Phi) is 3.36. The second-order valence-corrected chi connectivity index (χ2v) is 5.06. The molecule has 100 valence electrons. The van der Waals surface area contributed by atoms with Gasteiger partial charge in [0, 0.05) is 36.9 Å². The molecule has 1 aliphatic heterocycles. The van der Waals surface area contributed by atoms with Gasteiger partial charge >= 0.3 is 0 Å². The summed E-state index contributed by atoms with van der Waals surface area (Å²) >= 11 is 0. The number of pyridine rings is 1. The second kappa shape index (κ2) is 5.15. The van der Waals surface area contributed by atoms with Gasteiger partial charge in [0.1, 0.15) is 0 Å². The molecule has 2 atom stereocenters. The monoisotopic (exact) mass is 257 g/mol. The minimum Gasteiger partial charge on any atom is -0.370 e. The van der Waals surface area contributed by atoms with Gasteiger partial charge in [-0.25, -0.2) is 0 Å². The van der Waals surface area contributed by atoms with E-state index in [2.05, 4.69) is 35.0 Å². The number of fused-ring (bicyclic) bond motifs is 1. The van der Waals surface area contributed by atoms with Gasteiger partial charge in [0.25, 0.3) is 0 Å². The van der Waals surface area contributed by atoms with E-state index in [9.17, 15) is 0 Å². The summed E-state index contributed by atoms with van der Waals surface area (Å²) in [4.78, 5) is 6.77. The SMILES string of the molecule is CC1CN(c2ccnc3ccccc23)CC(CN)O1. The first kappa shape index (κ1) is 12.4. The van der Waals surface area contributed by atoms with Crippen LogP contribution in [-0.4, -0.2) is 36.8 Å². The van der Waals surface area contributed by atoms with Crippen molar-refractivity contribution in [3.8, 4) is 0 Å². The maximum Gasteiger partial charge on any atom is 0.0876 e. The van der Waals surface area contributed by atoms with Gasteiger partial charge in [-0.3, -0.25) is 4.98 Å². The van der Waals surface area contributed by atoms with Gasteiger partial charge in [0.15, 0.2) is 0 Å². The summed E-state index contributed by atoms with van der Waals surface area (Å²) in [5, 5.41) is 1.19. The highest BCUT2D eigenvalue weighted by Gasteiger charge is 2.25. The fraction of sp³-hybridized carbons (Fsp3) is 0.400. The predicted molar refractivity (Wildman–Crippen MR) is 77.3 cm³/mol. The van der Waals surface area contributed by atoms with E-state index in [1.165, 1.54) is 11.1 Å². The predicted octanol–water partition coefficient (Wildman–Crippen LogP) is 1.79. The van der Waals surface area contributed by atoms with Crippen molar-refractivity contribution >= 4 is 16.6 Å². The molecule has 0 saturated carbocycles. The van der Waals surface area contributed by atoms with Crippen molar-refractivity contribution in [3.05, 3.63) is 36.5 Å². The van der Waals surface area contributed by atoms with E-state index < -0.39 is 0 Å². The molecule has 1 fully saturated rings. The average molecular weight is 257 g/mol. The number of morpholine rings is 1. The highest BCUT2D eigenvalue weighted by Crippen LogP contribution is 2.27. The van der Waals surface area contributed by atoms with Gasteiger partial charge in [0.2, 0.25) is 0 Å². The zero-order valence-electron chi connectivity index (χ0n) is 11.1. The molecule has 0 bridgehead atoms. The van der Waals surface area contributed by atoms with Crippen LogP contribution in [0.1, 0.15) is 6.92 Å². The molecule has 0 radical (unpaired) electrons. The summed E-state index contributed by atoms with van der Waals surface area (Å²) < 4.78 is 5.82. The van der Waals surface area contributed by atoms with Crippen LogP contribution in [0.4, 0.5) is 5.69 Å². The van der Waals surface area contributed by atoms with E-state index >= 15 is 0 Å². The third kappa shape index (κ3) is 2.41. The summed E-state index contributed by atoms with van der Waals surface area (Å²) in [6.45, 7) is 4.39. The van der Waals surface area contributed by atoms with Gasteiger partial charge in [-0.05, 0) is 19.1 Å². The normalized spacial score (nSPS) is 23.8. The molecule has 1 aromatic heterocycles. The summed E-state index contributed by atoms with van der Waals surface area (Å²) in [5.74, 6) is 0. The van der Waals surface area contributed by atoms with Crippen LogP contribution in [-0.2, 0) is 4.74 Å². The lowest BCUT2D eigenvalue weighted by Crippen LogP contribution is -2.49. The lowest BCUT2D eigenvalue weighted by atomic mass is 10.1. The number of ether oxygens (including phenoxy) is 1. The molecule has 0 amide bonds. The second-order valence-electron chi connectivity index (χ2n) is 5.06. The Labute approximate surface area is 113 Å². The van der Waals surface area contributed by atoms with E-state index in [0.717, 1.165) is 18.6 Å². The third-order valence-corrected chi connectivity index (χ3v) is 3.56. The number of nitrogens with zero attached hydrogens (tertiary/aromatic N) is 2. The third-order valence-electron chi connectivity index (χ3n) is 3.56. The maximum absolute atomic E-state index is 5.82. The first-order valence-corrected chi connectivity index (χ1v) is 6.72. The van der Waals surface area contributed by atoms with E-state index in [0.29, 0.717) is 6.54 Å². The van der Waals surface area contributed by atoms with Crippen LogP contribution in [0.15, 0.2) is 36.5 Å². The Morgan fingerprint density at radius 2 is 2.16 bits per heavy atom. The first-order valence-electron chi connectivity index (χ1n) is 6.72. The Morgan fingerprint density at radius 1 is 1.32 bits per heavy atom. The standard InChI is InChI=1S/C15H19N3O/c1-11-9-18(10-12(8-16)19-11)15-6-7-17-14-5-3-2-4-13(14)15/h2-7,11-12H,8-10,16H2,1H3. The highest BCUT2D eigenvalue weighted by molar-refractivity contribution is 5.91. The fourth-order valence-electron chi connectivity index (χ4n) is 2.73. The molecule has 2 heterocycles. The van der Waals surface area contributed by atoms with Crippen LogP contribution in [0.25, 0.3) is 10.9 Å². The van der Waals surface area contributed by atoms with Gasteiger partial charge in [0.05, 0.1) is 17.7 Å². The molecule has 0 spiro atoms. The Balaban J connectivity index is 1.99. The van der Waals surface area contributed by atoms with Crippen molar-refractivity contribution in [1.29, 1.82) is 0 Å². The molecule has 2 unspecified atom stereocenters. The van der Waals surface area contributed by atoms with Crippen LogP contribution < -0.4 is 10.6 Å². The zero-order chi connectivity index (χ0) is 13.2. The van der Waals surface area contributed by atoms with Crippen LogP contribution in [0.2, 0.25) is 0 Å². The average Bonchev–Trinajstić information content (AvgIpc) is 2.46. The molecular weight excluding hydrogens is 238 g/mol. The van der Waals surface area contributed by atoms with Crippen LogP contribution in [0.5, 0.6) is 0 Å². The number of benzene rings is 1. The van der Waals surface area contributed by atoms with Gasteiger partial charge in [-0.15, -0.1) is 0 Å². The number of anilines is 1. The molecular formula is C15H19N3O. The molecule has 2 aromatic rings.